The molecule has 0 amide bonds. The van der Waals surface area contributed by atoms with Gasteiger partial charge in [-0.1, -0.05) is 141 Å². The number of thiophene rings is 1. The Morgan fingerprint density at radius 2 is 1.24 bits per heavy atom. The van der Waals surface area contributed by atoms with Crippen LogP contribution in [0.4, 0.5) is 0 Å². The zero-order chi connectivity index (χ0) is 27.6. The fourth-order valence-electron chi connectivity index (χ4n) is 6.90. The van der Waals surface area contributed by atoms with Crippen molar-refractivity contribution >= 4 is 32.9 Å². The van der Waals surface area contributed by atoms with Gasteiger partial charge in [-0.15, -0.1) is 11.3 Å². The Morgan fingerprint density at radius 3 is 2.10 bits per heavy atom. The molecule has 0 spiro atoms. The Balaban J connectivity index is 1.30. The number of hydrogen-bond donors (Lipinski definition) is 0. The van der Waals surface area contributed by atoms with Crippen LogP contribution in [0.1, 0.15) is 35.4 Å². The Morgan fingerprint density at radius 1 is 0.561 bits per heavy atom. The maximum absolute atomic E-state index is 2.43. The van der Waals surface area contributed by atoms with Gasteiger partial charge in [0.05, 0.1) is 0 Å². The monoisotopic (exact) mass is 542 g/mol. The minimum atomic E-state index is -0.0139. The number of rotatable bonds is 4. The van der Waals surface area contributed by atoms with Crippen molar-refractivity contribution in [3.05, 3.63) is 155 Å². The van der Waals surface area contributed by atoms with E-state index < -0.39 is 0 Å². The summed E-state index contributed by atoms with van der Waals surface area (Å²) in [6.07, 6.45) is 0.902. The quantitative estimate of drug-likeness (QED) is 0.194. The molecule has 0 saturated carbocycles. The summed E-state index contributed by atoms with van der Waals surface area (Å²) in [5.41, 5.74) is 10.9. The van der Waals surface area contributed by atoms with Gasteiger partial charge in [-0.25, -0.2) is 0 Å². The highest BCUT2D eigenvalue weighted by atomic mass is 32.1. The molecule has 7 aromatic rings. The Kier molecular flexibility index (Phi) is 5.52. The summed E-state index contributed by atoms with van der Waals surface area (Å²) in [7, 11) is 0. The van der Waals surface area contributed by atoms with Crippen molar-refractivity contribution in [3.8, 4) is 32.7 Å². The van der Waals surface area contributed by atoms with Gasteiger partial charge < -0.3 is 0 Å². The Labute approximate surface area is 245 Å². The van der Waals surface area contributed by atoms with Crippen molar-refractivity contribution < 1.29 is 0 Å². The number of fused-ring (bicyclic) bond motifs is 6. The van der Waals surface area contributed by atoms with E-state index in [-0.39, 0.29) is 5.41 Å². The third-order valence-electron chi connectivity index (χ3n) is 8.85. The van der Waals surface area contributed by atoms with E-state index in [1.807, 2.05) is 11.3 Å². The van der Waals surface area contributed by atoms with E-state index in [4.69, 9.17) is 0 Å². The lowest BCUT2D eigenvalue weighted by Crippen LogP contribution is -2.13. The molecule has 0 aliphatic heterocycles. The van der Waals surface area contributed by atoms with E-state index in [0.29, 0.717) is 0 Å². The highest BCUT2D eigenvalue weighted by Crippen LogP contribution is 2.59. The molecular formula is C40H30S. The summed E-state index contributed by atoms with van der Waals surface area (Å²) in [5.74, 6) is 0. The second-order valence-electron chi connectivity index (χ2n) is 11.7. The van der Waals surface area contributed by atoms with Gasteiger partial charge in [-0.05, 0) is 67.4 Å². The minimum absolute atomic E-state index is 0.0139. The van der Waals surface area contributed by atoms with Crippen LogP contribution >= 0.6 is 11.3 Å². The van der Waals surface area contributed by atoms with E-state index in [1.165, 1.54) is 75.8 Å². The molecule has 0 unspecified atom stereocenters. The largest absolute Gasteiger partial charge is 0.138 e. The fourth-order valence-corrected chi connectivity index (χ4v) is 8.35. The van der Waals surface area contributed by atoms with Crippen molar-refractivity contribution in [3.63, 3.8) is 0 Å². The van der Waals surface area contributed by atoms with Crippen LogP contribution < -0.4 is 0 Å². The molecule has 41 heavy (non-hydrogen) atoms. The SMILES string of the molecule is CC1(C)c2ccccc2-c2c1sc(-c1cccc(Cc3cc4ccccc4c4ccccc34)c1)c2-c1ccccc1. The Hall–Kier alpha value is -4.46. The molecule has 0 fully saturated rings. The van der Waals surface area contributed by atoms with Crippen molar-refractivity contribution in [2.24, 2.45) is 0 Å². The normalized spacial score (nSPS) is 13.4. The molecule has 1 aromatic heterocycles. The fraction of sp³-hybridized carbons (Fsp3) is 0.100. The van der Waals surface area contributed by atoms with Gasteiger partial charge in [-0.3, -0.25) is 0 Å². The van der Waals surface area contributed by atoms with Crippen molar-refractivity contribution in [2.75, 3.05) is 0 Å². The lowest BCUT2D eigenvalue weighted by Gasteiger charge is -2.20. The van der Waals surface area contributed by atoms with Crippen LogP contribution in [0.25, 0.3) is 54.2 Å². The molecule has 0 radical (unpaired) electrons. The summed E-state index contributed by atoms with van der Waals surface area (Å²) in [4.78, 5) is 2.84. The van der Waals surface area contributed by atoms with E-state index >= 15 is 0 Å². The third kappa shape index (κ3) is 3.80. The van der Waals surface area contributed by atoms with Gasteiger partial charge in [0, 0.05) is 26.3 Å². The van der Waals surface area contributed by atoms with Crippen LogP contribution in [-0.2, 0) is 11.8 Å². The first-order chi connectivity index (χ1) is 20.1. The second kappa shape index (κ2) is 9.29. The Bertz CT molecular complexity index is 2090. The smallest absolute Gasteiger partial charge is 0.0430 e. The van der Waals surface area contributed by atoms with E-state index in [1.54, 1.807) is 0 Å². The summed E-state index contributed by atoms with van der Waals surface area (Å²) < 4.78 is 0. The molecule has 0 N–H and O–H groups in total. The highest BCUT2D eigenvalue weighted by Gasteiger charge is 2.40. The van der Waals surface area contributed by atoms with Crippen molar-refractivity contribution in [1.82, 2.24) is 0 Å². The molecule has 6 aromatic carbocycles. The van der Waals surface area contributed by atoms with Crippen LogP contribution in [0.3, 0.4) is 0 Å². The standard InChI is InChI=1S/C40H30S/c1-40(2)35-22-11-10-21-34(35)37-36(27-14-4-3-5-15-27)38(41-39(37)40)29-17-12-13-26(23-29)24-30-25-28-16-6-7-18-31(28)33-20-9-8-19-32(30)33/h3-23,25H,24H2,1-2H3. The van der Waals surface area contributed by atoms with Crippen LogP contribution in [0.2, 0.25) is 0 Å². The molecule has 1 heteroatoms. The molecule has 196 valence electrons. The van der Waals surface area contributed by atoms with Gasteiger partial charge in [0.2, 0.25) is 0 Å². The maximum atomic E-state index is 2.43. The zero-order valence-corrected chi connectivity index (χ0v) is 24.1. The highest BCUT2D eigenvalue weighted by molar-refractivity contribution is 7.17. The lowest BCUT2D eigenvalue weighted by molar-refractivity contribution is 0.674. The molecular weight excluding hydrogens is 513 g/mol. The topological polar surface area (TPSA) is 0 Å². The molecule has 0 saturated heterocycles. The molecule has 8 rings (SSSR count). The van der Waals surface area contributed by atoms with E-state index in [9.17, 15) is 0 Å². The first-order valence-electron chi connectivity index (χ1n) is 14.4. The van der Waals surface area contributed by atoms with E-state index in [2.05, 4.69) is 147 Å². The number of hydrogen-bond acceptors (Lipinski definition) is 1. The minimum Gasteiger partial charge on any atom is -0.138 e. The summed E-state index contributed by atoms with van der Waals surface area (Å²) >= 11 is 1.98. The molecule has 0 nitrogen and oxygen atoms in total. The molecule has 1 aliphatic carbocycles. The van der Waals surface area contributed by atoms with Gasteiger partial charge in [0.15, 0.2) is 0 Å². The molecule has 1 heterocycles. The first-order valence-corrected chi connectivity index (χ1v) is 15.2. The van der Waals surface area contributed by atoms with Crippen LogP contribution in [0, 0.1) is 0 Å². The summed E-state index contributed by atoms with van der Waals surface area (Å²) in [6, 6.07) is 49.2. The molecule has 0 atom stereocenters. The van der Waals surface area contributed by atoms with Crippen LogP contribution in [0.5, 0.6) is 0 Å². The predicted octanol–water partition coefficient (Wildman–Crippen LogP) is 11.3. The second-order valence-corrected chi connectivity index (χ2v) is 12.7. The lowest BCUT2D eigenvalue weighted by atomic mass is 9.87. The predicted molar refractivity (Wildman–Crippen MR) is 177 cm³/mol. The van der Waals surface area contributed by atoms with Crippen molar-refractivity contribution in [1.29, 1.82) is 0 Å². The average Bonchev–Trinajstić information content (AvgIpc) is 3.52. The average molecular weight is 543 g/mol. The van der Waals surface area contributed by atoms with E-state index in [0.717, 1.165) is 6.42 Å². The number of benzene rings is 6. The molecule has 0 bridgehead atoms. The third-order valence-corrected chi connectivity index (χ3v) is 10.4. The molecule has 1 aliphatic rings. The maximum Gasteiger partial charge on any atom is 0.0430 e. The zero-order valence-electron chi connectivity index (χ0n) is 23.3. The van der Waals surface area contributed by atoms with Crippen molar-refractivity contribution in [2.45, 2.75) is 25.7 Å². The van der Waals surface area contributed by atoms with Gasteiger partial charge in [0.1, 0.15) is 0 Å². The first kappa shape index (κ1) is 24.3. The van der Waals surface area contributed by atoms with Crippen LogP contribution in [0.15, 0.2) is 133 Å². The van der Waals surface area contributed by atoms with Gasteiger partial charge in [-0.2, -0.15) is 0 Å². The van der Waals surface area contributed by atoms with Gasteiger partial charge >= 0.3 is 0 Å². The summed E-state index contributed by atoms with van der Waals surface area (Å²) in [6.45, 7) is 4.77. The summed E-state index contributed by atoms with van der Waals surface area (Å²) in [5, 5.41) is 5.30. The van der Waals surface area contributed by atoms with Gasteiger partial charge in [0.25, 0.3) is 0 Å². The van der Waals surface area contributed by atoms with Crippen LogP contribution in [-0.4, -0.2) is 0 Å².